The summed E-state index contributed by atoms with van der Waals surface area (Å²) in [6.45, 7) is 7.49. The van der Waals surface area contributed by atoms with Crippen LogP contribution in [0.25, 0.3) is 0 Å². The van der Waals surface area contributed by atoms with Gasteiger partial charge >= 0.3 is 0 Å². The monoisotopic (exact) mass is 227 g/mol. The smallest absolute Gasteiger partial charge is 0.191 e. The highest BCUT2D eigenvalue weighted by Gasteiger charge is 2.21. The Morgan fingerprint density at radius 3 is 2.75 bits per heavy atom. The lowest BCUT2D eigenvalue weighted by Gasteiger charge is -2.10. The van der Waals surface area contributed by atoms with E-state index in [1.807, 2.05) is 0 Å². The second kappa shape index (κ2) is 8.39. The molecule has 16 heavy (non-hydrogen) atoms. The van der Waals surface area contributed by atoms with Crippen LogP contribution in [-0.2, 0) is 4.74 Å². The van der Waals surface area contributed by atoms with Crippen molar-refractivity contribution in [2.45, 2.75) is 45.6 Å². The fraction of sp³-hybridized carbons (Fsp3) is 0.917. The summed E-state index contributed by atoms with van der Waals surface area (Å²) in [5.74, 6) is 0.934. The van der Waals surface area contributed by atoms with E-state index in [9.17, 15) is 0 Å². The highest BCUT2D eigenvalue weighted by atomic mass is 16.5. The maximum atomic E-state index is 5.46. The maximum Gasteiger partial charge on any atom is 0.191 e. The molecule has 0 aromatic heterocycles. The quantitative estimate of drug-likeness (QED) is 0.375. The molecule has 0 radical (unpaired) electrons. The van der Waals surface area contributed by atoms with Crippen molar-refractivity contribution in [2.24, 2.45) is 4.99 Å². The number of nitrogens with zero attached hydrogens (tertiary/aromatic N) is 1. The number of guanidine groups is 1. The molecule has 0 spiro atoms. The van der Waals surface area contributed by atoms with Crippen LogP contribution in [0.2, 0.25) is 0 Å². The van der Waals surface area contributed by atoms with E-state index in [1.165, 1.54) is 19.3 Å². The van der Waals surface area contributed by atoms with E-state index in [1.54, 1.807) is 0 Å². The van der Waals surface area contributed by atoms with E-state index in [2.05, 4.69) is 29.5 Å². The molecule has 0 atom stereocenters. The number of rotatable bonds is 8. The van der Waals surface area contributed by atoms with Gasteiger partial charge in [-0.2, -0.15) is 0 Å². The molecule has 2 N–H and O–H groups in total. The first-order valence-corrected chi connectivity index (χ1v) is 6.49. The van der Waals surface area contributed by atoms with Crippen LogP contribution in [0.4, 0.5) is 0 Å². The van der Waals surface area contributed by atoms with Gasteiger partial charge < -0.3 is 15.4 Å². The van der Waals surface area contributed by atoms with Gasteiger partial charge in [-0.25, -0.2) is 0 Å². The number of hydrogen-bond donors (Lipinski definition) is 2. The van der Waals surface area contributed by atoms with Crippen LogP contribution in [0.3, 0.4) is 0 Å². The minimum absolute atomic E-state index is 0.652. The van der Waals surface area contributed by atoms with Crippen molar-refractivity contribution in [3.8, 4) is 0 Å². The molecule has 1 rings (SSSR count). The van der Waals surface area contributed by atoms with Gasteiger partial charge in [-0.1, -0.05) is 13.3 Å². The lowest BCUT2D eigenvalue weighted by Crippen LogP contribution is -2.38. The van der Waals surface area contributed by atoms with E-state index in [4.69, 9.17) is 4.74 Å². The van der Waals surface area contributed by atoms with Crippen molar-refractivity contribution in [3.63, 3.8) is 0 Å². The first kappa shape index (κ1) is 13.3. The molecule has 0 aromatic rings. The van der Waals surface area contributed by atoms with E-state index in [-0.39, 0.29) is 0 Å². The van der Waals surface area contributed by atoms with Gasteiger partial charge in [0.15, 0.2) is 5.96 Å². The van der Waals surface area contributed by atoms with Gasteiger partial charge in [0, 0.05) is 19.2 Å². The molecule has 1 fully saturated rings. The molecule has 1 aliphatic carbocycles. The molecule has 1 aliphatic rings. The highest BCUT2D eigenvalue weighted by Crippen LogP contribution is 2.18. The number of aliphatic imine (C=N–C) groups is 1. The van der Waals surface area contributed by atoms with Crippen molar-refractivity contribution < 1.29 is 4.74 Å². The molecule has 94 valence electrons. The van der Waals surface area contributed by atoms with Crippen LogP contribution in [-0.4, -0.2) is 38.3 Å². The topological polar surface area (TPSA) is 45.6 Å². The Kier molecular flexibility index (Phi) is 6.97. The molecular formula is C12H25N3O. The Labute approximate surface area is 98.9 Å². The molecule has 4 nitrogen and oxygen atoms in total. The van der Waals surface area contributed by atoms with Crippen molar-refractivity contribution >= 4 is 5.96 Å². The Morgan fingerprint density at radius 1 is 1.31 bits per heavy atom. The predicted octanol–water partition coefficient (Wildman–Crippen LogP) is 1.52. The Hall–Kier alpha value is -0.770. The average molecular weight is 227 g/mol. The summed E-state index contributed by atoms with van der Waals surface area (Å²) < 4.78 is 5.46. The summed E-state index contributed by atoms with van der Waals surface area (Å²) in [5, 5.41) is 6.62. The number of unbranched alkanes of at least 4 members (excludes halogenated alkanes) is 1. The Balaban J connectivity index is 2.06. The molecular weight excluding hydrogens is 202 g/mol. The third-order valence-electron chi connectivity index (χ3n) is 2.41. The van der Waals surface area contributed by atoms with Crippen molar-refractivity contribution in [1.29, 1.82) is 0 Å². The first-order chi connectivity index (χ1) is 7.86. The fourth-order valence-electron chi connectivity index (χ4n) is 1.31. The van der Waals surface area contributed by atoms with Crippen molar-refractivity contribution in [1.82, 2.24) is 10.6 Å². The molecule has 0 saturated heterocycles. The molecule has 0 unspecified atom stereocenters. The lowest BCUT2D eigenvalue weighted by atomic mass is 10.4. The van der Waals surface area contributed by atoms with Crippen molar-refractivity contribution in [2.75, 3.05) is 26.3 Å². The summed E-state index contributed by atoms with van der Waals surface area (Å²) in [4.78, 5) is 4.46. The third kappa shape index (κ3) is 6.67. The molecule has 0 bridgehead atoms. The standard InChI is InChI=1S/C12H25N3O/c1-3-5-9-16-10-8-14-12(13-4-2)15-11-6-7-11/h11H,3-10H2,1-2H3,(H2,13,14,15). The van der Waals surface area contributed by atoms with Crippen LogP contribution < -0.4 is 10.6 Å². The molecule has 0 amide bonds. The Bertz CT molecular complexity index is 202. The van der Waals surface area contributed by atoms with Gasteiger partial charge in [-0.3, -0.25) is 4.99 Å². The van der Waals surface area contributed by atoms with E-state index >= 15 is 0 Å². The zero-order valence-corrected chi connectivity index (χ0v) is 10.6. The van der Waals surface area contributed by atoms with Gasteiger partial charge in [0.1, 0.15) is 0 Å². The van der Waals surface area contributed by atoms with Crippen LogP contribution in [0.5, 0.6) is 0 Å². The lowest BCUT2D eigenvalue weighted by molar-refractivity contribution is 0.139. The van der Waals surface area contributed by atoms with E-state index in [0.29, 0.717) is 6.04 Å². The van der Waals surface area contributed by atoms with Gasteiger partial charge in [0.25, 0.3) is 0 Å². The normalized spacial score (nSPS) is 16.2. The minimum Gasteiger partial charge on any atom is -0.380 e. The van der Waals surface area contributed by atoms with Crippen LogP contribution >= 0.6 is 0 Å². The molecule has 0 heterocycles. The van der Waals surface area contributed by atoms with Crippen LogP contribution in [0, 0.1) is 0 Å². The van der Waals surface area contributed by atoms with E-state index < -0.39 is 0 Å². The molecule has 0 aliphatic heterocycles. The molecule has 1 saturated carbocycles. The van der Waals surface area contributed by atoms with E-state index in [0.717, 1.165) is 38.7 Å². The summed E-state index contributed by atoms with van der Waals surface area (Å²) in [6, 6.07) is 0.652. The molecule has 4 heteroatoms. The first-order valence-electron chi connectivity index (χ1n) is 6.49. The van der Waals surface area contributed by atoms with Gasteiger partial charge in [0.2, 0.25) is 0 Å². The minimum atomic E-state index is 0.652. The van der Waals surface area contributed by atoms with Gasteiger partial charge in [0.05, 0.1) is 13.2 Å². The predicted molar refractivity (Wildman–Crippen MR) is 67.9 cm³/mol. The highest BCUT2D eigenvalue weighted by molar-refractivity contribution is 5.80. The SMILES string of the molecule is CCCCOCCN=C(NCC)NC1CC1. The van der Waals surface area contributed by atoms with Crippen LogP contribution in [0.15, 0.2) is 4.99 Å². The Morgan fingerprint density at radius 2 is 2.12 bits per heavy atom. The maximum absolute atomic E-state index is 5.46. The average Bonchev–Trinajstić information content (AvgIpc) is 3.07. The third-order valence-corrected chi connectivity index (χ3v) is 2.41. The summed E-state index contributed by atoms with van der Waals surface area (Å²) in [7, 11) is 0. The van der Waals surface area contributed by atoms with Crippen molar-refractivity contribution in [3.05, 3.63) is 0 Å². The molecule has 0 aromatic carbocycles. The van der Waals surface area contributed by atoms with Crippen LogP contribution in [0.1, 0.15) is 39.5 Å². The number of hydrogen-bond acceptors (Lipinski definition) is 2. The largest absolute Gasteiger partial charge is 0.380 e. The number of nitrogens with one attached hydrogen (secondary N) is 2. The number of ether oxygens (including phenoxy) is 1. The fourth-order valence-corrected chi connectivity index (χ4v) is 1.31. The summed E-state index contributed by atoms with van der Waals surface area (Å²) in [5.41, 5.74) is 0. The van der Waals surface area contributed by atoms with Gasteiger partial charge in [-0.05, 0) is 26.2 Å². The zero-order chi connectivity index (χ0) is 11.6. The second-order valence-corrected chi connectivity index (χ2v) is 4.15. The summed E-state index contributed by atoms with van der Waals surface area (Å²) in [6.07, 6.45) is 4.88. The van der Waals surface area contributed by atoms with Gasteiger partial charge in [-0.15, -0.1) is 0 Å². The second-order valence-electron chi connectivity index (χ2n) is 4.15. The summed E-state index contributed by atoms with van der Waals surface area (Å²) >= 11 is 0. The zero-order valence-electron chi connectivity index (χ0n) is 10.6.